The number of aryl methyl sites for hydroxylation is 1. The van der Waals surface area contributed by atoms with Crippen LogP contribution in [0.15, 0.2) is 75.2 Å². The van der Waals surface area contributed by atoms with Gasteiger partial charge in [0, 0.05) is 15.7 Å². The average molecular weight is 540 g/mol. The van der Waals surface area contributed by atoms with Crippen LogP contribution in [0.3, 0.4) is 0 Å². The Morgan fingerprint density at radius 1 is 1.06 bits per heavy atom. The normalized spacial score (nSPS) is 11.0. The molecule has 3 aromatic rings. The van der Waals surface area contributed by atoms with E-state index in [0.29, 0.717) is 23.6 Å². The first-order chi connectivity index (χ1) is 14.9. The molecule has 0 aliphatic heterocycles. The Bertz CT molecular complexity index is 1200. The molecule has 31 heavy (non-hydrogen) atoms. The molecule has 3 rings (SSSR count). The van der Waals surface area contributed by atoms with Crippen molar-refractivity contribution in [2.75, 3.05) is 5.32 Å². The monoisotopic (exact) mass is 538 g/mol. The number of amides is 1. The molecule has 0 fully saturated rings. The fraction of sp³-hybridized carbons (Fsp3) is 0.120. The fourth-order valence-electron chi connectivity index (χ4n) is 2.89. The topological polar surface area (TPSA) is 62.1 Å². The van der Waals surface area contributed by atoms with Crippen molar-refractivity contribution in [2.24, 2.45) is 0 Å². The van der Waals surface area contributed by atoms with Gasteiger partial charge in [0.2, 0.25) is 0 Å². The first-order valence-electron chi connectivity index (χ1n) is 9.54. The van der Waals surface area contributed by atoms with Gasteiger partial charge in [0.15, 0.2) is 0 Å². The van der Waals surface area contributed by atoms with Crippen molar-refractivity contribution in [1.82, 2.24) is 0 Å². The molecule has 0 atom stereocenters. The fourth-order valence-corrected chi connectivity index (χ4v) is 3.80. The lowest BCUT2D eigenvalue weighted by atomic mass is 10.1. The number of hydrogen-bond acceptors (Lipinski definition) is 3. The van der Waals surface area contributed by atoms with E-state index in [9.17, 15) is 10.1 Å². The lowest BCUT2D eigenvalue weighted by molar-refractivity contribution is -0.112. The van der Waals surface area contributed by atoms with Crippen molar-refractivity contribution < 1.29 is 9.53 Å². The third-order valence-corrected chi connectivity index (χ3v) is 6.22. The van der Waals surface area contributed by atoms with E-state index in [0.717, 1.165) is 25.6 Å². The van der Waals surface area contributed by atoms with Gasteiger partial charge in [-0.05, 0) is 76.8 Å². The molecule has 0 aromatic heterocycles. The molecule has 0 saturated heterocycles. The Hall–Kier alpha value is -2.88. The molecule has 0 heterocycles. The van der Waals surface area contributed by atoms with Gasteiger partial charge in [-0.25, -0.2) is 0 Å². The third-order valence-electron chi connectivity index (χ3n) is 4.83. The van der Waals surface area contributed by atoms with Gasteiger partial charge in [0.25, 0.3) is 5.91 Å². The first-order valence-corrected chi connectivity index (χ1v) is 11.1. The van der Waals surface area contributed by atoms with E-state index >= 15 is 0 Å². The smallest absolute Gasteiger partial charge is 0.266 e. The van der Waals surface area contributed by atoms with Crippen LogP contribution in [-0.2, 0) is 11.4 Å². The molecule has 6 heteroatoms. The Labute approximate surface area is 198 Å². The Balaban J connectivity index is 1.74. The highest BCUT2D eigenvalue weighted by Crippen LogP contribution is 2.29. The average Bonchev–Trinajstić information content (AvgIpc) is 2.75. The van der Waals surface area contributed by atoms with E-state index in [-0.39, 0.29) is 5.57 Å². The van der Waals surface area contributed by atoms with Crippen LogP contribution in [0.25, 0.3) is 6.08 Å². The predicted octanol–water partition coefficient (Wildman–Crippen LogP) is 6.95. The number of ether oxygens (including phenoxy) is 1. The van der Waals surface area contributed by atoms with E-state index < -0.39 is 5.91 Å². The third kappa shape index (κ3) is 5.84. The van der Waals surface area contributed by atoms with Crippen molar-refractivity contribution in [3.05, 3.63) is 97.4 Å². The van der Waals surface area contributed by atoms with Crippen molar-refractivity contribution in [1.29, 1.82) is 5.26 Å². The standard InChI is InChI=1S/C25H20Br2N2O2/c1-16-6-5-9-23(17(16)2)29-25(30)20(14-28)12-18-10-11-24(22(27)13-18)31-15-19-7-3-4-8-21(19)26/h3-13H,15H2,1-2H3,(H,29,30)/b20-12+. The summed E-state index contributed by atoms with van der Waals surface area (Å²) in [6.07, 6.45) is 1.56. The van der Waals surface area contributed by atoms with Gasteiger partial charge in [-0.2, -0.15) is 5.26 Å². The van der Waals surface area contributed by atoms with E-state index in [1.807, 2.05) is 80.6 Å². The van der Waals surface area contributed by atoms with Crippen LogP contribution < -0.4 is 10.1 Å². The molecule has 0 radical (unpaired) electrons. The number of rotatable bonds is 6. The van der Waals surface area contributed by atoms with E-state index in [1.165, 1.54) is 0 Å². The second kappa shape index (κ2) is 10.4. The number of nitrogens with zero attached hydrogens (tertiary/aromatic N) is 1. The van der Waals surface area contributed by atoms with Crippen molar-refractivity contribution in [3.8, 4) is 11.8 Å². The molecule has 156 valence electrons. The van der Waals surface area contributed by atoms with Gasteiger partial charge in [-0.3, -0.25) is 4.79 Å². The predicted molar refractivity (Wildman–Crippen MR) is 131 cm³/mol. The summed E-state index contributed by atoms with van der Waals surface area (Å²) in [6.45, 7) is 4.32. The number of hydrogen-bond donors (Lipinski definition) is 1. The van der Waals surface area contributed by atoms with Gasteiger partial charge >= 0.3 is 0 Å². The Morgan fingerprint density at radius 2 is 1.84 bits per heavy atom. The van der Waals surface area contributed by atoms with Gasteiger partial charge < -0.3 is 10.1 Å². The van der Waals surface area contributed by atoms with Gasteiger partial charge in [0.1, 0.15) is 24.0 Å². The molecule has 3 aromatic carbocycles. The van der Waals surface area contributed by atoms with Crippen LogP contribution >= 0.6 is 31.9 Å². The molecule has 0 aliphatic carbocycles. The Morgan fingerprint density at radius 3 is 2.55 bits per heavy atom. The van der Waals surface area contributed by atoms with Crippen LogP contribution in [-0.4, -0.2) is 5.91 Å². The van der Waals surface area contributed by atoms with Crippen LogP contribution in [0, 0.1) is 25.2 Å². The number of anilines is 1. The van der Waals surface area contributed by atoms with Gasteiger partial charge in [-0.15, -0.1) is 0 Å². The minimum Gasteiger partial charge on any atom is -0.488 e. The molecular formula is C25H20Br2N2O2. The minimum atomic E-state index is -0.443. The summed E-state index contributed by atoms with van der Waals surface area (Å²) >= 11 is 7.02. The second-order valence-electron chi connectivity index (χ2n) is 6.94. The molecule has 1 amide bonds. The van der Waals surface area contributed by atoms with Crippen LogP contribution in [0.4, 0.5) is 5.69 Å². The minimum absolute atomic E-state index is 0.0229. The van der Waals surface area contributed by atoms with Gasteiger partial charge in [-0.1, -0.05) is 52.3 Å². The van der Waals surface area contributed by atoms with Gasteiger partial charge in [0.05, 0.1) is 4.47 Å². The summed E-state index contributed by atoms with van der Waals surface area (Å²) in [7, 11) is 0. The Kier molecular flexibility index (Phi) is 7.67. The molecule has 0 unspecified atom stereocenters. The SMILES string of the molecule is Cc1cccc(NC(=O)/C(C#N)=C/c2ccc(OCc3ccccc3Br)c(Br)c2)c1C. The lowest BCUT2D eigenvalue weighted by Gasteiger charge is -2.11. The number of carbonyl (C=O) groups excluding carboxylic acids is 1. The summed E-state index contributed by atoms with van der Waals surface area (Å²) in [5, 5.41) is 12.3. The first kappa shape index (κ1) is 22.8. The summed E-state index contributed by atoms with van der Waals surface area (Å²) in [5.74, 6) is 0.229. The zero-order valence-electron chi connectivity index (χ0n) is 17.1. The maximum absolute atomic E-state index is 12.6. The van der Waals surface area contributed by atoms with Crippen LogP contribution in [0.1, 0.15) is 22.3 Å². The van der Waals surface area contributed by atoms with Crippen molar-refractivity contribution >= 4 is 49.5 Å². The van der Waals surface area contributed by atoms with E-state index in [2.05, 4.69) is 37.2 Å². The van der Waals surface area contributed by atoms with Crippen molar-refractivity contribution in [2.45, 2.75) is 20.5 Å². The number of nitrogens with one attached hydrogen (secondary N) is 1. The molecule has 4 nitrogen and oxygen atoms in total. The summed E-state index contributed by atoms with van der Waals surface area (Å²) in [4.78, 5) is 12.6. The number of benzene rings is 3. The summed E-state index contributed by atoms with van der Waals surface area (Å²) in [5.41, 5.74) is 4.52. The molecule has 0 spiro atoms. The second-order valence-corrected chi connectivity index (χ2v) is 8.65. The quantitative estimate of drug-likeness (QED) is 0.272. The maximum atomic E-state index is 12.6. The van der Waals surface area contributed by atoms with E-state index in [1.54, 1.807) is 6.08 Å². The molecular weight excluding hydrogens is 520 g/mol. The number of nitriles is 1. The van der Waals surface area contributed by atoms with E-state index in [4.69, 9.17) is 4.74 Å². The van der Waals surface area contributed by atoms with Crippen molar-refractivity contribution in [3.63, 3.8) is 0 Å². The van der Waals surface area contributed by atoms with Crippen LogP contribution in [0.2, 0.25) is 0 Å². The maximum Gasteiger partial charge on any atom is 0.266 e. The molecule has 0 saturated carbocycles. The summed E-state index contributed by atoms with van der Waals surface area (Å²) in [6, 6.07) is 21.0. The highest BCUT2D eigenvalue weighted by atomic mass is 79.9. The molecule has 1 N–H and O–H groups in total. The van der Waals surface area contributed by atoms with Crippen LogP contribution in [0.5, 0.6) is 5.75 Å². The highest BCUT2D eigenvalue weighted by Gasteiger charge is 2.12. The summed E-state index contributed by atoms with van der Waals surface area (Å²) < 4.78 is 7.62. The number of halogens is 2. The zero-order valence-corrected chi connectivity index (χ0v) is 20.2. The zero-order chi connectivity index (χ0) is 22.4. The molecule has 0 bridgehead atoms. The largest absolute Gasteiger partial charge is 0.488 e. The molecule has 0 aliphatic rings. The lowest BCUT2D eigenvalue weighted by Crippen LogP contribution is -2.14. The number of carbonyl (C=O) groups is 1. The highest BCUT2D eigenvalue weighted by molar-refractivity contribution is 9.10.